The summed E-state index contributed by atoms with van der Waals surface area (Å²) in [7, 11) is 0. The van der Waals surface area contributed by atoms with E-state index in [-0.39, 0.29) is 5.71 Å². The van der Waals surface area contributed by atoms with E-state index in [1.54, 1.807) is 31.2 Å². The Bertz CT molecular complexity index is 756. The van der Waals surface area contributed by atoms with Gasteiger partial charge in [0, 0.05) is 17.3 Å². The second-order valence-electron chi connectivity index (χ2n) is 5.57. The van der Waals surface area contributed by atoms with E-state index in [0.717, 1.165) is 23.2 Å². The Morgan fingerprint density at radius 1 is 1.29 bits per heavy atom. The summed E-state index contributed by atoms with van der Waals surface area (Å²) in [5.74, 6) is -0.396. The van der Waals surface area contributed by atoms with Crippen LogP contribution in [-0.4, -0.2) is 28.4 Å². The highest BCUT2D eigenvalue weighted by Gasteiger charge is 2.49. The number of hydrogen-bond donors (Lipinski definition) is 3. The van der Waals surface area contributed by atoms with Crippen molar-refractivity contribution in [1.29, 1.82) is 5.41 Å². The van der Waals surface area contributed by atoms with E-state index in [4.69, 9.17) is 5.41 Å². The van der Waals surface area contributed by atoms with Crippen molar-refractivity contribution < 1.29 is 23.3 Å². The maximum atomic E-state index is 12.9. The van der Waals surface area contributed by atoms with Gasteiger partial charge in [-0.2, -0.15) is 13.2 Å². The van der Waals surface area contributed by atoms with Gasteiger partial charge in [-0.3, -0.25) is 10.1 Å². The fourth-order valence-electron chi connectivity index (χ4n) is 2.76. The van der Waals surface area contributed by atoms with Crippen LogP contribution in [0.2, 0.25) is 0 Å². The molecule has 2 atom stereocenters. The molecule has 1 aromatic carbocycles. The summed E-state index contributed by atoms with van der Waals surface area (Å²) >= 11 is 1.06. The number of hydrogen-bond acceptors (Lipinski definition) is 3. The number of rotatable bonds is 2. The zero-order valence-corrected chi connectivity index (χ0v) is 13.5. The standard InChI is InChI=1S/C16H14F3N3OS/c1-8-7-10(16(17,18)19)22-15-11(8)12(20)13(24-15)14(23)21-9-5-3-2-4-6-9/h2-7,13,15,20,22H,1H3,(H,21,23)/p+1/t13-,15+/m1/s1. The zero-order chi connectivity index (χ0) is 17.5. The number of fused-ring (bicyclic) bond motifs is 1. The van der Waals surface area contributed by atoms with E-state index in [9.17, 15) is 18.0 Å². The van der Waals surface area contributed by atoms with E-state index >= 15 is 0 Å². The molecule has 24 heavy (non-hydrogen) atoms. The van der Waals surface area contributed by atoms with Gasteiger partial charge in [0.15, 0.2) is 5.37 Å². The van der Waals surface area contributed by atoms with Gasteiger partial charge in [-0.05, 0) is 24.6 Å². The lowest BCUT2D eigenvalue weighted by atomic mass is 9.98. The van der Waals surface area contributed by atoms with Gasteiger partial charge in [0.1, 0.15) is 5.25 Å². The number of nitrogens with one attached hydrogen (secondary N) is 2. The van der Waals surface area contributed by atoms with Crippen molar-refractivity contribution in [1.82, 2.24) is 0 Å². The first-order chi connectivity index (χ1) is 11.3. The molecule has 2 aliphatic rings. The Balaban J connectivity index is 1.80. The van der Waals surface area contributed by atoms with Gasteiger partial charge in [-0.25, -0.2) is 0 Å². The Hall–Kier alpha value is -2.06. The van der Waals surface area contributed by atoms with E-state index < -0.39 is 28.4 Å². The maximum Gasteiger partial charge on any atom is 0.466 e. The Labute approximate surface area is 140 Å². The van der Waals surface area contributed by atoms with Gasteiger partial charge in [0.2, 0.25) is 11.6 Å². The fourth-order valence-corrected chi connectivity index (χ4v) is 4.17. The first-order valence-corrected chi connectivity index (χ1v) is 8.16. The number of amides is 1. The first-order valence-electron chi connectivity index (χ1n) is 7.22. The van der Waals surface area contributed by atoms with Gasteiger partial charge < -0.3 is 10.7 Å². The molecule has 4 nitrogen and oxygen atoms in total. The minimum absolute atomic E-state index is 0.0738. The third kappa shape index (κ3) is 3.11. The third-order valence-corrected chi connectivity index (χ3v) is 5.24. The van der Waals surface area contributed by atoms with Crippen LogP contribution in [0.5, 0.6) is 0 Å². The van der Waals surface area contributed by atoms with Crippen molar-refractivity contribution in [2.45, 2.75) is 23.7 Å². The van der Waals surface area contributed by atoms with E-state index in [1.807, 2.05) is 6.07 Å². The molecular formula is C16H15F3N3OS+. The summed E-state index contributed by atoms with van der Waals surface area (Å²) in [6.45, 7) is 1.55. The van der Waals surface area contributed by atoms with E-state index in [0.29, 0.717) is 16.8 Å². The van der Waals surface area contributed by atoms with Crippen LogP contribution in [0.4, 0.5) is 18.9 Å². The van der Waals surface area contributed by atoms with Crippen molar-refractivity contribution >= 4 is 29.1 Å². The quantitative estimate of drug-likeness (QED) is 0.763. The molecule has 0 radical (unpaired) electrons. The average Bonchev–Trinajstić information content (AvgIpc) is 2.85. The summed E-state index contributed by atoms with van der Waals surface area (Å²) < 4.78 is 38.8. The molecule has 3 rings (SSSR count). The molecule has 0 bridgehead atoms. The van der Waals surface area contributed by atoms with Crippen LogP contribution in [0.15, 0.2) is 53.3 Å². The molecule has 2 aliphatic heterocycles. The number of thioether (sulfide) groups is 1. The molecule has 4 N–H and O–H groups in total. The second-order valence-corrected chi connectivity index (χ2v) is 6.82. The number of halogens is 3. The van der Waals surface area contributed by atoms with Crippen molar-refractivity contribution in [2.24, 2.45) is 0 Å². The highest BCUT2D eigenvalue weighted by molar-refractivity contribution is 8.02. The molecule has 1 fully saturated rings. The van der Waals surface area contributed by atoms with Crippen LogP contribution in [0.25, 0.3) is 0 Å². The topological polar surface area (TPSA) is 69.6 Å². The van der Waals surface area contributed by atoms with E-state index in [1.165, 1.54) is 0 Å². The van der Waals surface area contributed by atoms with Crippen LogP contribution in [-0.2, 0) is 4.79 Å². The lowest BCUT2D eigenvalue weighted by Gasteiger charge is -2.20. The smallest absolute Gasteiger partial charge is 0.325 e. The third-order valence-electron chi connectivity index (χ3n) is 3.85. The number of benzene rings is 1. The predicted octanol–water partition coefficient (Wildman–Crippen LogP) is 2.43. The number of anilines is 1. The minimum atomic E-state index is -4.43. The van der Waals surface area contributed by atoms with Crippen molar-refractivity contribution in [3.05, 3.63) is 53.3 Å². The molecular weight excluding hydrogens is 339 g/mol. The number of carbonyl (C=O) groups is 1. The molecule has 0 aromatic heterocycles. The number of allylic oxidation sites excluding steroid dienone is 3. The fraction of sp³-hybridized carbons (Fsp3) is 0.250. The molecule has 1 saturated heterocycles. The molecule has 0 spiro atoms. The summed E-state index contributed by atoms with van der Waals surface area (Å²) in [5, 5.41) is 10.6. The monoisotopic (exact) mass is 354 g/mol. The molecule has 0 saturated carbocycles. The highest BCUT2D eigenvalue weighted by atomic mass is 32.2. The SMILES string of the molecule is CC1=C2C(=N)[C@H](C(=O)Nc3ccccc3)S[C@@H]2[NH2+]C(C(F)(F)F)=C1. The largest absolute Gasteiger partial charge is 0.466 e. The Morgan fingerprint density at radius 2 is 1.96 bits per heavy atom. The lowest BCUT2D eigenvalue weighted by Crippen LogP contribution is -2.90. The minimum Gasteiger partial charge on any atom is -0.325 e. The summed E-state index contributed by atoms with van der Waals surface area (Å²) in [4.78, 5) is 12.4. The van der Waals surface area contributed by atoms with Crippen LogP contribution >= 0.6 is 11.8 Å². The second kappa shape index (κ2) is 6.10. The van der Waals surface area contributed by atoms with Crippen LogP contribution < -0.4 is 10.6 Å². The maximum absolute atomic E-state index is 12.9. The number of para-hydroxylation sites is 1. The molecule has 1 aromatic rings. The predicted molar refractivity (Wildman–Crippen MR) is 86.7 cm³/mol. The van der Waals surface area contributed by atoms with Crippen LogP contribution in [0, 0.1) is 5.41 Å². The van der Waals surface area contributed by atoms with Gasteiger partial charge in [-0.1, -0.05) is 30.0 Å². The normalized spacial score (nSPS) is 23.8. The Morgan fingerprint density at radius 3 is 2.58 bits per heavy atom. The molecule has 1 amide bonds. The van der Waals surface area contributed by atoms with Gasteiger partial charge in [0.25, 0.3) is 0 Å². The van der Waals surface area contributed by atoms with Gasteiger partial charge in [-0.15, -0.1) is 0 Å². The van der Waals surface area contributed by atoms with Crippen LogP contribution in [0.1, 0.15) is 6.92 Å². The molecule has 0 unspecified atom stereocenters. The highest BCUT2D eigenvalue weighted by Crippen LogP contribution is 2.38. The van der Waals surface area contributed by atoms with Gasteiger partial charge >= 0.3 is 6.18 Å². The lowest BCUT2D eigenvalue weighted by molar-refractivity contribution is -0.631. The van der Waals surface area contributed by atoms with E-state index in [2.05, 4.69) is 5.32 Å². The summed E-state index contributed by atoms with van der Waals surface area (Å²) in [5.41, 5.74) is 0.834. The summed E-state index contributed by atoms with van der Waals surface area (Å²) in [6.07, 6.45) is -3.39. The van der Waals surface area contributed by atoms with Crippen molar-refractivity contribution in [3.63, 3.8) is 0 Å². The first kappa shape index (κ1) is 16.8. The molecule has 0 aliphatic carbocycles. The number of carbonyl (C=O) groups excluding carboxylic acids is 1. The number of nitrogens with two attached hydrogens (primary N) is 1. The average molecular weight is 354 g/mol. The molecule has 126 valence electrons. The molecule has 8 heteroatoms. The summed E-state index contributed by atoms with van der Waals surface area (Å²) in [6, 6.07) is 8.78. The Kier molecular flexibility index (Phi) is 4.27. The number of alkyl halides is 3. The van der Waals surface area contributed by atoms with Crippen molar-refractivity contribution in [3.8, 4) is 0 Å². The van der Waals surface area contributed by atoms with Gasteiger partial charge in [0.05, 0.1) is 5.71 Å². The zero-order valence-electron chi connectivity index (χ0n) is 12.6. The van der Waals surface area contributed by atoms with Crippen molar-refractivity contribution in [2.75, 3.05) is 5.32 Å². The molecule has 2 heterocycles. The van der Waals surface area contributed by atoms with Crippen LogP contribution in [0.3, 0.4) is 0 Å². The number of quaternary nitrogens is 1.